The molecule has 2 unspecified atom stereocenters. The Labute approximate surface area is 176 Å². The molecule has 2 heterocycles. The molecule has 1 N–H and O–H groups in total. The maximum atomic E-state index is 13.1. The standard InChI is InChI=1S/C22H24N4O3S/c1-16-8-10-18(11-9-16)22(27)24-20-13-26(12-19(20)17-6-4-3-5-7-17)30(28,29)21-14-25(2)15-23-21/h3-11,14-15,19-20H,12-13H2,1-2H3,(H,24,27). The number of imidazole rings is 1. The summed E-state index contributed by atoms with van der Waals surface area (Å²) in [5.74, 6) is -0.364. The van der Waals surface area contributed by atoms with E-state index in [2.05, 4.69) is 10.3 Å². The molecule has 3 aromatic rings. The van der Waals surface area contributed by atoms with E-state index in [0.717, 1.165) is 11.1 Å². The number of carbonyl (C=O) groups is 1. The van der Waals surface area contributed by atoms with E-state index in [4.69, 9.17) is 0 Å². The van der Waals surface area contributed by atoms with Crippen molar-refractivity contribution in [3.63, 3.8) is 0 Å². The van der Waals surface area contributed by atoms with Gasteiger partial charge in [-0.15, -0.1) is 0 Å². The predicted octanol–water partition coefficient (Wildman–Crippen LogP) is 2.32. The third kappa shape index (κ3) is 4.01. The molecule has 7 nitrogen and oxygen atoms in total. The first-order valence-electron chi connectivity index (χ1n) is 9.75. The minimum absolute atomic E-state index is 0.0160. The van der Waals surface area contributed by atoms with Gasteiger partial charge in [-0.05, 0) is 24.6 Å². The third-order valence-corrected chi connectivity index (χ3v) is 7.15. The van der Waals surface area contributed by atoms with Crippen molar-refractivity contribution >= 4 is 15.9 Å². The van der Waals surface area contributed by atoms with Crippen LogP contribution in [-0.4, -0.2) is 47.3 Å². The normalized spacial score (nSPS) is 19.7. The van der Waals surface area contributed by atoms with Crippen molar-refractivity contribution in [2.45, 2.75) is 23.9 Å². The van der Waals surface area contributed by atoms with Crippen LogP contribution in [0.5, 0.6) is 0 Å². The Kier molecular flexibility index (Phi) is 5.44. The van der Waals surface area contributed by atoms with E-state index in [0.29, 0.717) is 5.56 Å². The van der Waals surface area contributed by atoms with Crippen LogP contribution in [0.3, 0.4) is 0 Å². The average molecular weight is 425 g/mol. The lowest BCUT2D eigenvalue weighted by Gasteiger charge is -2.20. The molecule has 2 aromatic carbocycles. The lowest BCUT2D eigenvalue weighted by atomic mass is 9.94. The third-order valence-electron chi connectivity index (χ3n) is 5.43. The highest BCUT2D eigenvalue weighted by atomic mass is 32.2. The molecule has 0 radical (unpaired) electrons. The van der Waals surface area contributed by atoms with Gasteiger partial charge in [0.2, 0.25) is 0 Å². The molecule has 1 saturated heterocycles. The first-order chi connectivity index (χ1) is 14.3. The average Bonchev–Trinajstić information content (AvgIpc) is 3.36. The molecule has 1 aromatic heterocycles. The molecule has 1 aliphatic heterocycles. The van der Waals surface area contributed by atoms with Crippen LogP contribution in [0.1, 0.15) is 27.4 Å². The van der Waals surface area contributed by atoms with Gasteiger partial charge in [0.15, 0.2) is 5.03 Å². The molecule has 1 aliphatic rings. The lowest BCUT2D eigenvalue weighted by Crippen LogP contribution is -2.40. The van der Waals surface area contributed by atoms with Crippen molar-refractivity contribution in [2.24, 2.45) is 7.05 Å². The van der Waals surface area contributed by atoms with Gasteiger partial charge < -0.3 is 9.88 Å². The summed E-state index contributed by atoms with van der Waals surface area (Å²) in [4.78, 5) is 16.8. The summed E-state index contributed by atoms with van der Waals surface area (Å²) in [7, 11) is -2.02. The predicted molar refractivity (Wildman–Crippen MR) is 114 cm³/mol. The van der Waals surface area contributed by atoms with Crippen LogP contribution in [-0.2, 0) is 17.1 Å². The summed E-state index contributed by atoms with van der Waals surface area (Å²) in [5, 5.41) is 3.07. The van der Waals surface area contributed by atoms with Crippen LogP contribution in [0.25, 0.3) is 0 Å². The Morgan fingerprint density at radius 3 is 2.40 bits per heavy atom. The number of rotatable bonds is 5. The second-order valence-corrected chi connectivity index (χ2v) is 9.55. The maximum absolute atomic E-state index is 13.1. The van der Waals surface area contributed by atoms with Crippen LogP contribution in [0.15, 0.2) is 72.1 Å². The largest absolute Gasteiger partial charge is 0.347 e. The molecule has 1 amide bonds. The van der Waals surface area contributed by atoms with Crippen molar-refractivity contribution < 1.29 is 13.2 Å². The topological polar surface area (TPSA) is 84.3 Å². The molecule has 8 heteroatoms. The monoisotopic (exact) mass is 424 g/mol. The molecular formula is C22H24N4O3S. The number of amides is 1. The number of hydrogen-bond donors (Lipinski definition) is 1. The van der Waals surface area contributed by atoms with Gasteiger partial charge in [-0.2, -0.15) is 4.31 Å². The first-order valence-corrected chi connectivity index (χ1v) is 11.2. The van der Waals surface area contributed by atoms with E-state index in [1.54, 1.807) is 23.7 Å². The second kappa shape index (κ2) is 8.04. The van der Waals surface area contributed by atoms with Crippen LogP contribution in [0.4, 0.5) is 0 Å². The molecular weight excluding hydrogens is 400 g/mol. The fraction of sp³-hybridized carbons (Fsp3) is 0.273. The number of nitrogens with zero attached hydrogens (tertiary/aromatic N) is 3. The highest BCUT2D eigenvalue weighted by Gasteiger charge is 2.41. The molecule has 30 heavy (non-hydrogen) atoms. The van der Waals surface area contributed by atoms with Gasteiger partial charge in [-0.3, -0.25) is 4.79 Å². The van der Waals surface area contributed by atoms with Crippen LogP contribution >= 0.6 is 0 Å². The highest BCUT2D eigenvalue weighted by Crippen LogP contribution is 2.31. The molecule has 4 rings (SSSR count). The number of nitrogens with one attached hydrogen (secondary N) is 1. The zero-order valence-electron chi connectivity index (χ0n) is 16.9. The number of carbonyl (C=O) groups excluding carboxylic acids is 1. The van der Waals surface area contributed by atoms with Gasteiger partial charge in [0, 0.05) is 37.8 Å². The molecule has 0 aliphatic carbocycles. The summed E-state index contributed by atoms with van der Waals surface area (Å²) in [6.45, 7) is 2.43. The fourth-order valence-corrected chi connectivity index (χ4v) is 5.22. The van der Waals surface area contributed by atoms with E-state index in [-0.39, 0.29) is 36.0 Å². The molecule has 0 bridgehead atoms. The van der Waals surface area contributed by atoms with E-state index in [1.807, 2.05) is 49.4 Å². The van der Waals surface area contributed by atoms with Crippen molar-refractivity contribution in [3.05, 3.63) is 83.8 Å². The molecule has 2 atom stereocenters. The quantitative estimate of drug-likeness (QED) is 0.681. The lowest BCUT2D eigenvalue weighted by molar-refractivity contribution is 0.0936. The van der Waals surface area contributed by atoms with Crippen molar-refractivity contribution in [1.82, 2.24) is 19.2 Å². The van der Waals surface area contributed by atoms with E-state index < -0.39 is 10.0 Å². The summed E-state index contributed by atoms with van der Waals surface area (Å²) < 4.78 is 29.2. The number of benzene rings is 2. The Hall–Kier alpha value is -2.97. The van der Waals surface area contributed by atoms with Gasteiger partial charge in [0.1, 0.15) is 0 Å². The SMILES string of the molecule is Cc1ccc(C(=O)NC2CN(S(=O)(=O)c3cn(C)cn3)CC2c2ccccc2)cc1. The minimum Gasteiger partial charge on any atom is -0.347 e. The van der Waals surface area contributed by atoms with Crippen LogP contribution in [0.2, 0.25) is 0 Å². The minimum atomic E-state index is -3.75. The molecule has 0 saturated carbocycles. The summed E-state index contributed by atoms with van der Waals surface area (Å²) in [6, 6.07) is 16.7. The Morgan fingerprint density at radius 2 is 1.77 bits per heavy atom. The molecule has 156 valence electrons. The van der Waals surface area contributed by atoms with Gasteiger partial charge >= 0.3 is 0 Å². The summed E-state index contributed by atoms with van der Waals surface area (Å²) >= 11 is 0. The number of sulfonamides is 1. The highest BCUT2D eigenvalue weighted by molar-refractivity contribution is 7.89. The maximum Gasteiger partial charge on any atom is 0.262 e. The van der Waals surface area contributed by atoms with Gasteiger partial charge in [0.25, 0.3) is 15.9 Å². The smallest absolute Gasteiger partial charge is 0.262 e. The van der Waals surface area contributed by atoms with Crippen LogP contribution < -0.4 is 5.32 Å². The van der Waals surface area contributed by atoms with E-state index in [1.165, 1.54) is 16.8 Å². The first kappa shape index (κ1) is 20.3. The number of aromatic nitrogens is 2. The van der Waals surface area contributed by atoms with Crippen molar-refractivity contribution in [2.75, 3.05) is 13.1 Å². The second-order valence-electron chi connectivity index (χ2n) is 7.66. The van der Waals surface area contributed by atoms with Crippen molar-refractivity contribution in [1.29, 1.82) is 0 Å². The zero-order valence-corrected chi connectivity index (χ0v) is 17.7. The van der Waals surface area contributed by atoms with Gasteiger partial charge in [0.05, 0.1) is 12.4 Å². The van der Waals surface area contributed by atoms with Gasteiger partial charge in [-0.1, -0.05) is 48.0 Å². The Balaban J connectivity index is 1.61. The number of hydrogen-bond acceptors (Lipinski definition) is 4. The van der Waals surface area contributed by atoms with E-state index in [9.17, 15) is 13.2 Å². The molecule has 0 spiro atoms. The summed E-state index contributed by atoms with van der Waals surface area (Å²) in [5.41, 5.74) is 2.62. The fourth-order valence-electron chi connectivity index (χ4n) is 3.76. The Morgan fingerprint density at radius 1 is 1.07 bits per heavy atom. The zero-order chi connectivity index (χ0) is 21.3. The van der Waals surface area contributed by atoms with E-state index >= 15 is 0 Å². The Bertz CT molecular complexity index is 1140. The van der Waals surface area contributed by atoms with Crippen molar-refractivity contribution in [3.8, 4) is 0 Å². The van der Waals surface area contributed by atoms with Crippen LogP contribution in [0, 0.1) is 6.92 Å². The summed E-state index contributed by atoms with van der Waals surface area (Å²) in [6.07, 6.45) is 2.96. The molecule has 1 fully saturated rings. The van der Waals surface area contributed by atoms with Gasteiger partial charge in [-0.25, -0.2) is 13.4 Å². The number of aryl methyl sites for hydroxylation is 2.